The maximum Gasteiger partial charge on any atom is 0.337 e. The van der Waals surface area contributed by atoms with E-state index in [1.807, 2.05) is 19.6 Å². The topological polar surface area (TPSA) is 55.6 Å². The number of nitrogens with two attached hydrogens (primary N) is 1. The van der Waals surface area contributed by atoms with E-state index in [9.17, 15) is 4.79 Å². The molecule has 0 radical (unpaired) electrons. The summed E-state index contributed by atoms with van der Waals surface area (Å²) in [6.07, 6.45) is 0.986. The SMILES string of the molecule is C[Si](C)(C)ON(CCC[SiH3])C(N)=O. The number of amides is 2. The van der Waals surface area contributed by atoms with Crippen LogP contribution in [0, 0.1) is 0 Å². The molecule has 0 bridgehead atoms. The molecule has 2 amide bonds. The van der Waals surface area contributed by atoms with Gasteiger partial charge in [0.2, 0.25) is 8.32 Å². The Morgan fingerprint density at radius 1 is 1.54 bits per heavy atom. The van der Waals surface area contributed by atoms with E-state index in [0.29, 0.717) is 6.54 Å². The molecular weight excluding hydrogens is 200 g/mol. The van der Waals surface area contributed by atoms with Crippen LogP contribution < -0.4 is 5.73 Å². The van der Waals surface area contributed by atoms with Crippen LogP contribution in [-0.2, 0) is 4.53 Å². The Morgan fingerprint density at radius 3 is 2.38 bits per heavy atom. The minimum absolute atomic E-state index is 0.474. The van der Waals surface area contributed by atoms with E-state index in [0.717, 1.165) is 16.7 Å². The van der Waals surface area contributed by atoms with Gasteiger partial charge < -0.3 is 10.3 Å². The number of rotatable bonds is 5. The molecule has 4 nitrogen and oxygen atoms in total. The van der Waals surface area contributed by atoms with Crippen LogP contribution in [0.5, 0.6) is 0 Å². The highest BCUT2D eigenvalue weighted by molar-refractivity contribution is 6.69. The molecule has 0 aromatic carbocycles. The Labute approximate surface area is 83.9 Å². The molecule has 0 atom stereocenters. The summed E-state index contributed by atoms with van der Waals surface area (Å²) in [7, 11) is -0.537. The number of primary amides is 1. The van der Waals surface area contributed by atoms with Gasteiger partial charge in [-0.15, -0.1) is 0 Å². The molecule has 0 aliphatic rings. The maximum atomic E-state index is 10.9. The van der Waals surface area contributed by atoms with Gasteiger partial charge in [0, 0.05) is 16.8 Å². The lowest BCUT2D eigenvalue weighted by Crippen LogP contribution is -2.44. The van der Waals surface area contributed by atoms with Crippen molar-refractivity contribution >= 4 is 24.6 Å². The second-order valence-corrected chi connectivity index (χ2v) is 9.40. The third kappa shape index (κ3) is 6.79. The third-order valence-electron chi connectivity index (χ3n) is 1.34. The molecule has 2 N–H and O–H groups in total. The summed E-state index contributed by atoms with van der Waals surface area (Å²) in [4.78, 5) is 10.9. The number of hydroxylamine groups is 2. The third-order valence-corrected chi connectivity index (χ3v) is 2.82. The average molecular weight is 220 g/mol. The number of nitrogens with zero attached hydrogens (tertiary/aromatic N) is 1. The van der Waals surface area contributed by atoms with Gasteiger partial charge in [-0.3, -0.25) is 0 Å². The van der Waals surface area contributed by atoms with Crippen molar-refractivity contribution in [2.24, 2.45) is 5.73 Å². The van der Waals surface area contributed by atoms with Gasteiger partial charge >= 0.3 is 6.03 Å². The monoisotopic (exact) mass is 220 g/mol. The molecule has 0 spiro atoms. The van der Waals surface area contributed by atoms with Gasteiger partial charge in [-0.2, -0.15) is 0 Å². The van der Waals surface area contributed by atoms with Gasteiger partial charge in [-0.1, -0.05) is 6.04 Å². The van der Waals surface area contributed by atoms with Crippen LogP contribution in [0.25, 0.3) is 0 Å². The lowest BCUT2D eigenvalue weighted by atomic mass is 10.5. The van der Waals surface area contributed by atoms with Gasteiger partial charge in [0.05, 0.1) is 0 Å². The van der Waals surface area contributed by atoms with Gasteiger partial charge in [0.25, 0.3) is 0 Å². The van der Waals surface area contributed by atoms with Gasteiger partial charge in [0.15, 0.2) is 0 Å². The average Bonchev–Trinajstić information content (AvgIpc) is 1.95. The van der Waals surface area contributed by atoms with E-state index in [1.54, 1.807) is 0 Å². The predicted molar refractivity (Wildman–Crippen MR) is 60.1 cm³/mol. The molecule has 0 aromatic rings. The molecule has 0 aliphatic heterocycles. The summed E-state index contributed by atoms with van der Waals surface area (Å²) in [6.45, 7) is 6.72. The number of carbonyl (C=O) groups is 1. The van der Waals surface area contributed by atoms with Crippen LogP contribution in [0.1, 0.15) is 6.42 Å². The summed E-state index contributed by atoms with van der Waals surface area (Å²) in [5.74, 6) is 0. The molecule has 0 rings (SSSR count). The fourth-order valence-corrected chi connectivity index (χ4v) is 1.99. The molecule has 6 heteroatoms. The Morgan fingerprint density at radius 2 is 2.08 bits per heavy atom. The molecule has 0 fully saturated rings. The van der Waals surface area contributed by atoms with E-state index in [2.05, 4.69) is 0 Å². The van der Waals surface area contributed by atoms with E-state index in [4.69, 9.17) is 10.3 Å². The Balaban J connectivity index is 4.03. The molecule has 0 saturated heterocycles. The molecule has 0 unspecified atom stereocenters. The first-order valence-corrected chi connectivity index (χ1v) is 9.45. The highest BCUT2D eigenvalue weighted by Gasteiger charge is 2.21. The fraction of sp³-hybridized carbons (Fsp3) is 0.857. The van der Waals surface area contributed by atoms with Crippen LogP contribution in [0.2, 0.25) is 25.7 Å². The predicted octanol–water partition coefficient (Wildman–Crippen LogP) is 0.307. The number of urea groups is 1. The smallest absolute Gasteiger partial charge is 0.337 e. The summed E-state index contributed by atoms with van der Waals surface area (Å²) < 4.78 is 5.51. The van der Waals surface area contributed by atoms with Crippen molar-refractivity contribution in [3.8, 4) is 0 Å². The Hall–Kier alpha value is -0.336. The van der Waals surface area contributed by atoms with Crippen molar-refractivity contribution in [3.05, 3.63) is 0 Å². The lowest BCUT2D eigenvalue weighted by Gasteiger charge is -2.27. The van der Waals surface area contributed by atoms with Crippen molar-refractivity contribution in [2.45, 2.75) is 32.1 Å². The summed E-state index contributed by atoms with van der Waals surface area (Å²) in [6, 6.07) is 0.691. The second-order valence-electron chi connectivity index (χ2n) is 4.00. The van der Waals surface area contributed by atoms with Crippen LogP contribution >= 0.6 is 0 Å². The standard InChI is InChI=1S/C7H20N2O2Si2/c1-13(2,3)11-9(7(8)10)5-4-6-12/h4-6H2,1-3,12H3,(H2,8,10). The Bertz CT molecular complexity index is 170. The molecule has 0 saturated carbocycles. The van der Waals surface area contributed by atoms with E-state index in [-0.39, 0.29) is 0 Å². The number of hydrogen-bond acceptors (Lipinski definition) is 2. The molecule has 0 heterocycles. The number of carbonyl (C=O) groups excluding carboxylic acids is 1. The van der Waals surface area contributed by atoms with Gasteiger partial charge in [-0.05, 0) is 26.1 Å². The molecular formula is C7H20N2O2Si2. The van der Waals surface area contributed by atoms with Crippen molar-refractivity contribution < 1.29 is 9.32 Å². The zero-order chi connectivity index (χ0) is 10.5. The van der Waals surface area contributed by atoms with Crippen molar-refractivity contribution in [1.82, 2.24) is 5.06 Å². The lowest BCUT2D eigenvalue weighted by molar-refractivity contribution is -0.0176. The molecule has 0 aliphatic carbocycles. The first kappa shape index (κ1) is 12.7. The van der Waals surface area contributed by atoms with E-state index in [1.165, 1.54) is 11.1 Å². The summed E-state index contributed by atoms with van der Waals surface area (Å²) in [5.41, 5.74) is 5.18. The highest BCUT2D eigenvalue weighted by atomic mass is 28.4. The van der Waals surface area contributed by atoms with E-state index >= 15 is 0 Å². The quantitative estimate of drug-likeness (QED) is 0.535. The van der Waals surface area contributed by atoms with Crippen LogP contribution in [0.15, 0.2) is 0 Å². The minimum atomic E-state index is -1.70. The Kier molecular flexibility index (Phi) is 5.27. The fourth-order valence-electron chi connectivity index (χ4n) is 0.833. The van der Waals surface area contributed by atoms with Crippen LogP contribution in [0.3, 0.4) is 0 Å². The van der Waals surface area contributed by atoms with Crippen LogP contribution in [-0.4, -0.2) is 36.2 Å². The van der Waals surface area contributed by atoms with Gasteiger partial charge in [-0.25, -0.2) is 9.86 Å². The molecule has 0 aromatic heterocycles. The largest absolute Gasteiger partial charge is 0.350 e. The minimum Gasteiger partial charge on any atom is -0.350 e. The summed E-state index contributed by atoms with van der Waals surface area (Å²) >= 11 is 0. The van der Waals surface area contributed by atoms with Gasteiger partial charge in [0.1, 0.15) is 0 Å². The van der Waals surface area contributed by atoms with Crippen molar-refractivity contribution in [1.29, 1.82) is 0 Å². The highest BCUT2D eigenvalue weighted by Crippen LogP contribution is 2.07. The first-order chi connectivity index (χ1) is 5.87. The molecule has 78 valence electrons. The number of hydrogen-bond donors (Lipinski definition) is 1. The second kappa shape index (κ2) is 5.41. The molecule has 13 heavy (non-hydrogen) atoms. The van der Waals surface area contributed by atoms with E-state index < -0.39 is 14.3 Å². The zero-order valence-electron chi connectivity index (χ0n) is 8.96. The maximum absolute atomic E-state index is 10.9. The van der Waals surface area contributed by atoms with Crippen LogP contribution in [0.4, 0.5) is 4.79 Å². The normalized spacial score (nSPS) is 11.6. The zero-order valence-corrected chi connectivity index (χ0v) is 12.0. The summed E-state index contributed by atoms with van der Waals surface area (Å²) in [5, 5.41) is 1.31. The van der Waals surface area contributed by atoms with Crippen molar-refractivity contribution in [3.63, 3.8) is 0 Å². The van der Waals surface area contributed by atoms with Crippen molar-refractivity contribution in [2.75, 3.05) is 6.54 Å². The first-order valence-electron chi connectivity index (χ1n) is 4.63.